The van der Waals surface area contributed by atoms with Crippen LogP contribution in [0.15, 0.2) is 18.2 Å². The smallest absolute Gasteiger partial charge is 0.293 e. The Bertz CT molecular complexity index is 1460. The molecule has 1 fully saturated rings. The van der Waals surface area contributed by atoms with E-state index in [1.54, 1.807) is 19.2 Å². The van der Waals surface area contributed by atoms with Crippen LogP contribution in [0.5, 0.6) is 17.2 Å². The molecular weight excluding hydrogens is 654 g/mol. The average Bonchev–Trinajstić information content (AvgIpc) is 3.13. The number of benzene rings is 2. The van der Waals surface area contributed by atoms with Gasteiger partial charge in [-0.2, -0.15) is 0 Å². The molecule has 2 aliphatic carbocycles. The summed E-state index contributed by atoms with van der Waals surface area (Å²) in [5, 5.41) is 42.3. The summed E-state index contributed by atoms with van der Waals surface area (Å²) in [7, 11) is 2.98. The fourth-order valence-corrected chi connectivity index (χ4v) is 5.30. The first-order valence-electron chi connectivity index (χ1n) is 16.6. The van der Waals surface area contributed by atoms with E-state index in [1.807, 2.05) is 27.7 Å². The second kappa shape index (κ2) is 21.7. The molecular formula is C36H51NO13. The summed E-state index contributed by atoms with van der Waals surface area (Å²) < 4.78 is 19.6. The van der Waals surface area contributed by atoms with Gasteiger partial charge in [0.1, 0.15) is 30.0 Å². The lowest BCUT2D eigenvalue weighted by Crippen LogP contribution is -2.30. The van der Waals surface area contributed by atoms with E-state index < -0.39 is 30.1 Å². The number of phenolic OH excluding ortho intramolecular Hbond substituents is 2. The van der Waals surface area contributed by atoms with E-state index in [2.05, 4.69) is 10.1 Å². The molecule has 2 aromatic rings. The number of rotatable bonds is 7. The van der Waals surface area contributed by atoms with Crippen molar-refractivity contribution >= 4 is 29.7 Å². The highest BCUT2D eigenvalue weighted by atomic mass is 16.6. The van der Waals surface area contributed by atoms with Gasteiger partial charge >= 0.3 is 0 Å². The fourth-order valence-electron chi connectivity index (χ4n) is 5.30. The van der Waals surface area contributed by atoms with Gasteiger partial charge in [0.15, 0.2) is 24.1 Å². The lowest BCUT2D eigenvalue weighted by Gasteiger charge is -2.29. The predicted molar refractivity (Wildman–Crippen MR) is 182 cm³/mol. The first-order chi connectivity index (χ1) is 23.9. The van der Waals surface area contributed by atoms with Crippen LogP contribution < -0.4 is 10.1 Å². The minimum absolute atomic E-state index is 0.00463. The molecule has 3 aliphatic rings. The minimum atomic E-state index is -1.08. The number of hydrogen-bond donors (Lipinski definition) is 5. The van der Waals surface area contributed by atoms with Gasteiger partial charge in [-0.1, -0.05) is 39.8 Å². The van der Waals surface area contributed by atoms with Crippen LogP contribution in [-0.4, -0.2) is 96.2 Å². The lowest BCUT2D eigenvalue weighted by molar-refractivity contribution is -0.171. The van der Waals surface area contributed by atoms with E-state index in [1.165, 1.54) is 27.0 Å². The Kier molecular flexibility index (Phi) is 18.9. The molecule has 1 heterocycles. The van der Waals surface area contributed by atoms with Crippen LogP contribution in [0, 0.1) is 5.92 Å². The Labute approximate surface area is 292 Å². The number of hydrogen-bond acceptors (Lipinski definition) is 13. The van der Waals surface area contributed by atoms with Crippen LogP contribution in [0.1, 0.15) is 104 Å². The molecule has 5 N–H and O–H groups in total. The van der Waals surface area contributed by atoms with Crippen LogP contribution >= 0.6 is 0 Å². The van der Waals surface area contributed by atoms with Gasteiger partial charge in [-0.25, -0.2) is 0 Å². The molecule has 1 amide bonds. The minimum Gasteiger partial charge on any atom is -0.507 e. The van der Waals surface area contributed by atoms with E-state index in [0.717, 1.165) is 0 Å². The van der Waals surface area contributed by atoms with Crippen molar-refractivity contribution in [2.24, 2.45) is 5.92 Å². The van der Waals surface area contributed by atoms with Crippen LogP contribution in [0.3, 0.4) is 0 Å². The number of amides is 1. The molecule has 50 heavy (non-hydrogen) atoms. The molecule has 0 aromatic heterocycles. The largest absolute Gasteiger partial charge is 0.507 e. The Morgan fingerprint density at radius 2 is 1.60 bits per heavy atom. The zero-order chi connectivity index (χ0) is 38.1. The molecule has 14 nitrogen and oxygen atoms in total. The van der Waals surface area contributed by atoms with Crippen molar-refractivity contribution in [2.45, 2.75) is 92.3 Å². The highest BCUT2D eigenvalue weighted by Crippen LogP contribution is 2.47. The summed E-state index contributed by atoms with van der Waals surface area (Å²) in [4.78, 5) is 58.3. The zero-order valence-corrected chi connectivity index (χ0v) is 30.0. The number of Topliss-reactive ketones (excluding diaryl/α,β-unsaturated/α-hetero) is 1. The molecule has 0 radical (unpaired) electrons. The molecule has 1 saturated heterocycles. The van der Waals surface area contributed by atoms with Crippen LogP contribution in [0.4, 0.5) is 0 Å². The summed E-state index contributed by atoms with van der Waals surface area (Å²) in [6.45, 7) is 11.3. The van der Waals surface area contributed by atoms with Crippen molar-refractivity contribution in [3.8, 4) is 17.2 Å². The van der Waals surface area contributed by atoms with Crippen LogP contribution in [-0.2, 0) is 41.4 Å². The summed E-state index contributed by atoms with van der Waals surface area (Å²) in [6, 6.07) is 4.59. The van der Waals surface area contributed by atoms with E-state index in [4.69, 9.17) is 19.3 Å². The number of aliphatic hydroxyl groups excluding tert-OH is 2. The fraction of sp³-hybridized carbons (Fsp3) is 0.528. The maximum Gasteiger partial charge on any atom is 0.293 e. The number of fused-ring (bicyclic) bond motifs is 3. The van der Waals surface area contributed by atoms with Crippen molar-refractivity contribution < 1.29 is 63.3 Å². The third-order valence-electron chi connectivity index (χ3n) is 7.76. The summed E-state index contributed by atoms with van der Waals surface area (Å²) in [5.41, 5.74) is 0.286. The SMILES string of the molecule is CC.CC.CNC(C)=O.COc1cccc2c1C(=O)c1c(O)c3c(c(O)c1C2=O)CC(C(=O)COC(C)O)CC3.O=COC1CCC(O)OC1. The number of aromatic hydroxyl groups is 2. The van der Waals surface area contributed by atoms with Crippen LogP contribution in [0.25, 0.3) is 0 Å². The van der Waals surface area contributed by atoms with E-state index >= 15 is 0 Å². The Morgan fingerprint density at radius 3 is 2.12 bits per heavy atom. The number of aliphatic hydroxyl groups is 2. The van der Waals surface area contributed by atoms with Gasteiger partial charge in [-0.15, -0.1) is 0 Å². The average molecular weight is 706 g/mol. The predicted octanol–water partition coefficient (Wildman–Crippen LogP) is 3.37. The molecule has 5 rings (SSSR count). The second-order valence-electron chi connectivity index (χ2n) is 10.8. The van der Waals surface area contributed by atoms with Crippen molar-refractivity contribution in [3.05, 3.63) is 51.6 Å². The van der Waals surface area contributed by atoms with E-state index in [9.17, 15) is 39.3 Å². The number of carbonyl (C=O) groups excluding carboxylic acids is 5. The van der Waals surface area contributed by atoms with Gasteiger partial charge in [0.25, 0.3) is 6.47 Å². The van der Waals surface area contributed by atoms with Crippen molar-refractivity contribution in [3.63, 3.8) is 0 Å². The Hall–Kier alpha value is -4.37. The summed E-state index contributed by atoms with van der Waals surface area (Å²) in [6.07, 6.45) is 0.0165. The molecule has 0 spiro atoms. The van der Waals surface area contributed by atoms with E-state index in [-0.39, 0.29) is 82.3 Å². The molecule has 0 saturated carbocycles. The number of methoxy groups -OCH3 is 1. The van der Waals surface area contributed by atoms with Crippen LogP contribution in [0.2, 0.25) is 0 Å². The highest BCUT2D eigenvalue weighted by molar-refractivity contribution is 6.31. The molecule has 4 atom stereocenters. The van der Waals surface area contributed by atoms with Crippen molar-refractivity contribution in [1.82, 2.24) is 5.32 Å². The van der Waals surface area contributed by atoms with Gasteiger partial charge in [0, 0.05) is 43.0 Å². The van der Waals surface area contributed by atoms with E-state index in [0.29, 0.717) is 37.9 Å². The van der Waals surface area contributed by atoms with Crippen molar-refractivity contribution in [1.29, 1.82) is 0 Å². The monoisotopic (exact) mass is 705 g/mol. The Balaban J connectivity index is 0.000000543. The number of ether oxygens (including phenoxy) is 4. The van der Waals surface area contributed by atoms with Gasteiger partial charge in [-0.05, 0) is 38.7 Å². The summed E-state index contributed by atoms with van der Waals surface area (Å²) in [5.74, 6) is -2.46. The third kappa shape index (κ3) is 11.1. The first-order valence-corrected chi connectivity index (χ1v) is 16.6. The maximum atomic E-state index is 13.2. The number of carbonyl (C=O) groups is 5. The molecule has 4 unspecified atom stereocenters. The molecule has 278 valence electrons. The molecule has 0 bridgehead atoms. The summed E-state index contributed by atoms with van der Waals surface area (Å²) >= 11 is 0. The lowest BCUT2D eigenvalue weighted by atomic mass is 9.75. The topological polar surface area (TPSA) is 215 Å². The van der Waals surface area contributed by atoms with Gasteiger partial charge in [-0.3, -0.25) is 24.0 Å². The number of nitrogens with one attached hydrogen (secondary N) is 1. The molecule has 1 aliphatic heterocycles. The number of ketones is 3. The second-order valence-corrected chi connectivity index (χ2v) is 10.8. The maximum absolute atomic E-state index is 13.2. The molecule has 2 aromatic carbocycles. The third-order valence-corrected chi connectivity index (χ3v) is 7.76. The Morgan fingerprint density at radius 1 is 1.00 bits per heavy atom. The first kappa shape index (κ1) is 43.7. The van der Waals surface area contributed by atoms with Gasteiger partial charge in [0.05, 0.1) is 30.4 Å². The normalized spacial score (nSPS) is 18.8. The highest BCUT2D eigenvalue weighted by Gasteiger charge is 2.41. The van der Waals surface area contributed by atoms with Gasteiger partial charge < -0.3 is 44.7 Å². The number of phenols is 2. The standard InChI is InChI=1S/C23H22O8.C6H10O4.C3H7NO.2C2H6/c1-10(24)31-9-15(25)11-6-7-12-14(8-11)22(28)18-19(20(12)26)23(29)17-13(21(18)27)4-3-5-16(17)30-2;7-4-10-5-1-2-6(8)9-3-5;1-3(5)4-2;2*1-2/h3-5,10-11,24,26,28H,6-9H2,1-2H3;4-6,8H,1-3H2;1-2H3,(H,4,5);2*1-2H3. The van der Waals surface area contributed by atoms with Gasteiger partial charge in [0.2, 0.25) is 11.7 Å². The zero-order valence-electron chi connectivity index (χ0n) is 30.0. The van der Waals surface area contributed by atoms with Crippen molar-refractivity contribution in [2.75, 3.05) is 27.4 Å². The molecule has 14 heteroatoms. The quantitative estimate of drug-likeness (QED) is 0.136.